The number of carbonyl (C=O) groups excluding carboxylic acids is 1. The third-order valence-corrected chi connectivity index (χ3v) is 2.82. The van der Waals surface area contributed by atoms with E-state index in [0.29, 0.717) is 11.1 Å². The van der Waals surface area contributed by atoms with Crippen LogP contribution in [-0.4, -0.2) is 5.24 Å². The van der Waals surface area contributed by atoms with Crippen LogP contribution in [0.2, 0.25) is 0 Å². The van der Waals surface area contributed by atoms with E-state index in [1.165, 1.54) is 0 Å². The number of para-hydroxylation sites is 2. The summed E-state index contributed by atoms with van der Waals surface area (Å²) >= 11 is 5.51. The van der Waals surface area contributed by atoms with Crippen molar-refractivity contribution >= 4 is 38.8 Å². The van der Waals surface area contributed by atoms with E-state index in [2.05, 4.69) is 0 Å². The number of rotatable bonds is 1. The molecule has 0 N–H and O–H groups in total. The summed E-state index contributed by atoms with van der Waals surface area (Å²) < 4.78 is 5.64. The highest BCUT2D eigenvalue weighted by Crippen LogP contribution is 2.31. The molecule has 3 rings (SSSR count). The first-order chi connectivity index (χ1) is 7.77. The molecule has 0 spiro atoms. The van der Waals surface area contributed by atoms with E-state index in [0.717, 1.165) is 16.4 Å². The van der Waals surface area contributed by atoms with Gasteiger partial charge in [-0.3, -0.25) is 4.79 Å². The molecular formula is C13H7ClO2. The second-order valence-corrected chi connectivity index (χ2v) is 3.90. The minimum atomic E-state index is -0.496. The summed E-state index contributed by atoms with van der Waals surface area (Å²) in [6, 6.07) is 13.1. The minimum Gasteiger partial charge on any atom is -0.455 e. The lowest BCUT2D eigenvalue weighted by Gasteiger charge is -1.93. The molecule has 0 atom stereocenters. The molecule has 0 bridgehead atoms. The lowest BCUT2D eigenvalue weighted by molar-refractivity contribution is 0.108. The fourth-order valence-corrected chi connectivity index (χ4v) is 2.05. The van der Waals surface area contributed by atoms with E-state index < -0.39 is 5.24 Å². The minimum absolute atomic E-state index is 0.412. The summed E-state index contributed by atoms with van der Waals surface area (Å²) in [5, 5.41) is 1.42. The van der Waals surface area contributed by atoms with E-state index in [1.54, 1.807) is 12.1 Å². The van der Waals surface area contributed by atoms with E-state index in [1.807, 2.05) is 30.3 Å². The van der Waals surface area contributed by atoms with E-state index in [4.69, 9.17) is 16.0 Å². The predicted octanol–water partition coefficient (Wildman–Crippen LogP) is 3.97. The molecule has 0 unspecified atom stereocenters. The highest BCUT2D eigenvalue weighted by atomic mass is 35.5. The molecule has 0 aliphatic carbocycles. The Morgan fingerprint density at radius 2 is 1.75 bits per heavy atom. The highest BCUT2D eigenvalue weighted by Gasteiger charge is 2.13. The van der Waals surface area contributed by atoms with Crippen LogP contribution in [0.1, 0.15) is 10.4 Å². The lowest BCUT2D eigenvalue weighted by atomic mass is 10.1. The molecule has 0 aliphatic rings. The molecule has 2 aromatic carbocycles. The number of fused-ring (bicyclic) bond motifs is 3. The van der Waals surface area contributed by atoms with Crippen LogP contribution < -0.4 is 0 Å². The zero-order chi connectivity index (χ0) is 11.1. The van der Waals surface area contributed by atoms with Gasteiger partial charge in [-0.1, -0.05) is 30.3 Å². The van der Waals surface area contributed by atoms with E-state index in [-0.39, 0.29) is 0 Å². The summed E-state index contributed by atoms with van der Waals surface area (Å²) in [7, 11) is 0. The average molecular weight is 231 g/mol. The van der Waals surface area contributed by atoms with Crippen molar-refractivity contribution in [3.8, 4) is 0 Å². The summed E-state index contributed by atoms with van der Waals surface area (Å²) in [4.78, 5) is 11.2. The van der Waals surface area contributed by atoms with Crippen molar-refractivity contribution in [1.29, 1.82) is 0 Å². The van der Waals surface area contributed by atoms with Crippen LogP contribution in [-0.2, 0) is 0 Å². The van der Waals surface area contributed by atoms with Gasteiger partial charge in [-0.05, 0) is 23.7 Å². The number of hydrogen-bond acceptors (Lipinski definition) is 2. The highest BCUT2D eigenvalue weighted by molar-refractivity contribution is 6.68. The first-order valence-electron chi connectivity index (χ1n) is 4.87. The van der Waals surface area contributed by atoms with Crippen molar-refractivity contribution < 1.29 is 9.21 Å². The Morgan fingerprint density at radius 1 is 1.00 bits per heavy atom. The van der Waals surface area contributed by atoms with Crippen LogP contribution in [0.5, 0.6) is 0 Å². The fourth-order valence-electron chi connectivity index (χ4n) is 1.90. The Morgan fingerprint density at radius 3 is 2.56 bits per heavy atom. The van der Waals surface area contributed by atoms with Gasteiger partial charge in [0.25, 0.3) is 5.24 Å². The molecule has 2 nitrogen and oxygen atoms in total. The van der Waals surface area contributed by atoms with Crippen molar-refractivity contribution in [2.24, 2.45) is 0 Å². The second kappa shape index (κ2) is 3.35. The van der Waals surface area contributed by atoms with Crippen molar-refractivity contribution in [3.05, 3.63) is 48.0 Å². The number of halogens is 1. The molecule has 0 fully saturated rings. The third-order valence-electron chi connectivity index (χ3n) is 2.62. The number of hydrogen-bond donors (Lipinski definition) is 0. The maximum absolute atomic E-state index is 11.2. The van der Waals surface area contributed by atoms with Crippen LogP contribution >= 0.6 is 11.6 Å². The maximum Gasteiger partial charge on any atom is 0.256 e. The van der Waals surface area contributed by atoms with Crippen LogP contribution in [0.15, 0.2) is 46.9 Å². The quantitative estimate of drug-likeness (QED) is 0.592. The average Bonchev–Trinajstić information content (AvgIpc) is 2.67. The zero-order valence-corrected chi connectivity index (χ0v) is 8.99. The fraction of sp³-hybridized carbons (Fsp3) is 0. The molecule has 1 heterocycles. The van der Waals surface area contributed by atoms with Gasteiger partial charge < -0.3 is 4.42 Å². The van der Waals surface area contributed by atoms with Gasteiger partial charge in [0, 0.05) is 10.8 Å². The van der Waals surface area contributed by atoms with Gasteiger partial charge in [-0.25, -0.2) is 0 Å². The van der Waals surface area contributed by atoms with Crippen molar-refractivity contribution in [2.75, 3.05) is 0 Å². The van der Waals surface area contributed by atoms with Crippen molar-refractivity contribution in [1.82, 2.24) is 0 Å². The largest absolute Gasteiger partial charge is 0.455 e. The second-order valence-electron chi connectivity index (χ2n) is 3.55. The molecule has 0 saturated carbocycles. The molecule has 0 aliphatic heterocycles. The van der Waals surface area contributed by atoms with Gasteiger partial charge >= 0.3 is 0 Å². The molecule has 0 amide bonds. The lowest BCUT2D eigenvalue weighted by Crippen LogP contribution is -1.87. The van der Waals surface area contributed by atoms with Gasteiger partial charge in [-0.15, -0.1) is 0 Å². The molecule has 3 heteroatoms. The smallest absolute Gasteiger partial charge is 0.256 e. The standard InChI is InChI=1S/C13H7ClO2/c14-13(15)10-6-3-5-9-8-4-1-2-7-11(8)16-12(9)10/h1-7H. The van der Waals surface area contributed by atoms with Crippen LogP contribution in [0.3, 0.4) is 0 Å². The summed E-state index contributed by atoms with van der Waals surface area (Å²) in [6.07, 6.45) is 0. The van der Waals surface area contributed by atoms with Gasteiger partial charge in [0.15, 0.2) is 0 Å². The Balaban J connectivity index is 2.54. The van der Waals surface area contributed by atoms with Crippen LogP contribution in [0, 0.1) is 0 Å². The first-order valence-corrected chi connectivity index (χ1v) is 5.25. The SMILES string of the molecule is O=C(Cl)c1cccc2c1oc1ccccc12. The molecule has 0 saturated heterocycles. The van der Waals surface area contributed by atoms with Crippen molar-refractivity contribution in [3.63, 3.8) is 0 Å². The Bertz CT molecular complexity index is 697. The molecule has 0 radical (unpaired) electrons. The summed E-state index contributed by atoms with van der Waals surface area (Å²) in [6.45, 7) is 0. The topological polar surface area (TPSA) is 30.2 Å². The number of furan rings is 1. The molecule has 1 aromatic heterocycles. The summed E-state index contributed by atoms with van der Waals surface area (Å²) in [5.74, 6) is 0. The normalized spacial score (nSPS) is 11.1. The molecular weight excluding hydrogens is 224 g/mol. The summed E-state index contributed by atoms with van der Waals surface area (Å²) in [5.41, 5.74) is 1.74. The maximum atomic E-state index is 11.2. The third kappa shape index (κ3) is 1.24. The predicted molar refractivity (Wildman–Crippen MR) is 63.9 cm³/mol. The molecule has 3 aromatic rings. The zero-order valence-electron chi connectivity index (χ0n) is 8.24. The van der Waals surface area contributed by atoms with E-state index >= 15 is 0 Å². The Kier molecular flexibility index (Phi) is 1.98. The molecule has 16 heavy (non-hydrogen) atoms. The van der Waals surface area contributed by atoms with Gasteiger partial charge in [0.1, 0.15) is 11.2 Å². The van der Waals surface area contributed by atoms with Crippen molar-refractivity contribution in [2.45, 2.75) is 0 Å². The van der Waals surface area contributed by atoms with Gasteiger partial charge in [0.2, 0.25) is 0 Å². The Labute approximate surface area is 96.4 Å². The van der Waals surface area contributed by atoms with Gasteiger partial charge in [-0.2, -0.15) is 0 Å². The molecule has 78 valence electrons. The van der Waals surface area contributed by atoms with E-state index in [9.17, 15) is 4.79 Å². The monoisotopic (exact) mass is 230 g/mol. The Hall–Kier alpha value is -1.80. The van der Waals surface area contributed by atoms with Gasteiger partial charge in [0.05, 0.1) is 5.56 Å². The first kappa shape index (κ1) is 9.43. The van der Waals surface area contributed by atoms with Crippen LogP contribution in [0.4, 0.5) is 0 Å². The van der Waals surface area contributed by atoms with Crippen LogP contribution in [0.25, 0.3) is 21.9 Å². The number of carbonyl (C=O) groups is 1. The number of benzene rings is 2.